The number of benzene rings is 1. The second kappa shape index (κ2) is 9.70. The normalized spacial score (nSPS) is 21.0. The number of carbonyl (C=O) groups is 1. The third kappa shape index (κ3) is 6.17. The van der Waals surface area contributed by atoms with E-state index < -0.39 is 0 Å². The van der Waals surface area contributed by atoms with Crippen molar-refractivity contribution >= 4 is 17.7 Å². The summed E-state index contributed by atoms with van der Waals surface area (Å²) in [7, 11) is 1.77. The molecule has 0 saturated heterocycles. The minimum absolute atomic E-state index is 0.125. The van der Waals surface area contributed by atoms with E-state index in [0.29, 0.717) is 29.2 Å². The molecule has 1 aromatic carbocycles. The summed E-state index contributed by atoms with van der Waals surface area (Å²) in [5.41, 5.74) is 0. The van der Waals surface area contributed by atoms with Gasteiger partial charge in [0.1, 0.15) is 5.75 Å². The van der Waals surface area contributed by atoms with E-state index in [1.807, 2.05) is 6.08 Å². The highest BCUT2D eigenvalue weighted by atomic mass is 35.5. The lowest BCUT2D eigenvalue weighted by atomic mass is 9.80. The number of carbonyl (C=O) groups excluding carboxylic acids is 1. The maximum atomic E-state index is 12.1. The average Bonchev–Trinajstić information content (AvgIpc) is 2.60. The number of amides is 1. The number of nitrogens with zero attached hydrogens (tertiary/aromatic N) is 1. The van der Waals surface area contributed by atoms with E-state index in [1.54, 1.807) is 36.2 Å². The minimum Gasteiger partial charge on any atom is -0.410 e. The van der Waals surface area contributed by atoms with Gasteiger partial charge in [-0.2, -0.15) is 0 Å². The molecular formula is C19H26ClNO3. The predicted octanol–water partition coefficient (Wildman–Crippen LogP) is 4.52. The van der Waals surface area contributed by atoms with Crippen molar-refractivity contribution in [1.82, 2.24) is 4.90 Å². The van der Waals surface area contributed by atoms with Crippen LogP contribution in [0.3, 0.4) is 0 Å². The molecule has 1 N–H and O–H groups in total. The van der Waals surface area contributed by atoms with Crippen LogP contribution in [0.25, 0.3) is 0 Å². The molecule has 0 atom stereocenters. The van der Waals surface area contributed by atoms with Gasteiger partial charge in [0.2, 0.25) is 0 Å². The molecule has 0 heterocycles. The van der Waals surface area contributed by atoms with Crippen LogP contribution < -0.4 is 4.74 Å². The van der Waals surface area contributed by atoms with E-state index in [4.69, 9.17) is 21.4 Å². The van der Waals surface area contributed by atoms with Gasteiger partial charge >= 0.3 is 6.09 Å². The first kappa shape index (κ1) is 18.8. The zero-order valence-corrected chi connectivity index (χ0v) is 14.9. The molecule has 1 aromatic rings. The first-order valence-electron chi connectivity index (χ1n) is 8.54. The molecule has 0 aromatic heterocycles. The van der Waals surface area contributed by atoms with Crippen molar-refractivity contribution in [3.8, 4) is 5.75 Å². The SMILES string of the molecule is CN(CC[C@H]1CC[C@H](/C=C/CO)CC1)C(=O)Oc1ccc(Cl)cc1. The molecule has 132 valence electrons. The van der Waals surface area contributed by atoms with Gasteiger partial charge in [0.15, 0.2) is 0 Å². The lowest BCUT2D eigenvalue weighted by Gasteiger charge is -2.28. The fourth-order valence-corrected chi connectivity index (χ4v) is 3.20. The smallest absolute Gasteiger partial charge is 0.410 e. The van der Waals surface area contributed by atoms with Gasteiger partial charge < -0.3 is 14.7 Å². The van der Waals surface area contributed by atoms with Gasteiger partial charge in [-0.05, 0) is 68.2 Å². The molecule has 4 nitrogen and oxygen atoms in total. The van der Waals surface area contributed by atoms with Gasteiger partial charge in [-0.1, -0.05) is 23.8 Å². The predicted molar refractivity (Wildman–Crippen MR) is 96.4 cm³/mol. The van der Waals surface area contributed by atoms with Crippen LogP contribution in [0, 0.1) is 11.8 Å². The summed E-state index contributed by atoms with van der Waals surface area (Å²) in [6, 6.07) is 6.78. The molecular weight excluding hydrogens is 326 g/mol. The number of hydrogen-bond acceptors (Lipinski definition) is 3. The van der Waals surface area contributed by atoms with Gasteiger partial charge in [-0.15, -0.1) is 0 Å². The Hall–Kier alpha value is -1.52. The lowest BCUT2D eigenvalue weighted by molar-refractivity contribution is 0.157. The maximum Gasteiger partial charge on any atom is 0.414 e. The summed E-state index contributed by atoms with van der Waals surface area (Å²) in [6.45, 7) is 0.828. The topological polar surface area (TPSA) is 49.8 Å². The lowest BCUT2D eigenvalue weighted by Crippen LogP contribution is -2.32. The van der Waals surface area contributed by atoms with Crippen LogP contribution >= 0.6 is 11.6 Å². The minimum atomic E-state index is -0.336. The van der Waals surface area contributed by atoms with E-state index in [2.05, 4.69) is 6.08 Å². The first-order valence-corrected chi connectivity index (χ1v) is 8.92. The van der Waals surface area contributed by atoms with E-state index in [1.165, 1.54) is 25.7 Å². The number of allylic oxidation sites excluding steroid dienone is 1. The molecule has 0 bridgehead atoms. The summed E-state index contributed by atoms with van der Waals surface area (Å²) < 4.78 is 5.33. The molecule has 5 heteroatoms. The largest absolute Gasteiger partial charge is 0.414 e. The van der Waals surface area contributed by atoms with Gasteiger partial charge in [-0.3, -0.25) is 0 Å². The molecule has 24 heavy (non-hydrogen) atoms. The first-order chi connectivity index (χ1) is 11.6. The van der Waals surface area contributed by atoms with Gasteiger partial charge in [0.05, 0.1) is 6.61 Å². The number of halogens is 1. The highest BCUT2D eigenvalue weighted by Gasteiger charge is 2.21. The highest BCUT2D eigenvalue weighted by Crippen LogP contribution is 2.31. The molecule has 1 aliphatic rings. The second-order valence-corrected chi connectivity index (χ2v) is 6.86. The van der Waals surface area contributed by atoms with E-state index in [0.717, 1.165) is 6.42 Å². The second-order valence-electron chi connectivity index (χ2n) is 6.42. The van der Waals surface area contributed by atoms with Crippen LogP contribution in [-0.4, -0.2) is 36.3 Å². The van der Waals surface area contributed by atoms with Crippen molar-refractivity contribution in [3.05, 3.63) is 41.4 Å². The van der Waals surface area contributed by atoms with Crippen molar-refractivity contribution in [2.75, 3.05) is 20.2 Å². The third-order valence-electron chi connectivity index (χ3n) is 4.61. The maximum absolute atomic E-state index is 12.1. The Morgan fingerprint density at radius 3 is 2.58 bits per heavy atom. The van der Waals surface area contributed by atoms with Crippen LogP contribution in [0.2, 0.25) is 5.02 Å². The van der Waals surface area contributed by atoms with Gasteiger partial charge in [0, 0.05) is 18.6 Å². The van der Waals surface area contributed by atoms with Crippen molar-refractivity contribution in [2.45, 2.75) is 32.1 Å². The fraction of sp³-hybridized carbons (Fsp3) is 0.526. The fourth-order valence-electron chi connectivity index (χ4n) is 3.07. The van der Waals surface area contributed by atoms with Gasteiger partial charge in [0.25, 0.3) is 0 Å². The van der Waals surface area contributed by atoms with Crippen LogP contribution in [0.15, 0.2) is 36.4 Å². The van der Waals surface area contributed by atoms with Crippen LogP contribution in [-0.2, 0) is 0 Å². The summed E-state index contributed by atoms with van der Waals surface area (Å²) >= 11 is 5.82. The van der Waals surface area contributed by atoms with E-state index in [9.17, 15) is 4.79 Å². The molecule has 0 spiro atoms. The quantitative estimate of drug-likeness (QED) is 0.767. The van der Waals surface area contributed by atoms with Crippen molar-refractivity contribution < 1.29 is 14.6 Å². The zero-order valence-electron chi connectivity index (χ0n) is 14.2. The van der Waals surface area contributed by atoms with Crippen molar-refractivity contribution in [2.24, 2.45) is 11.8 Å². The Morgan fingerprint density at radius 2 is 1.96 bits per heavy atom. The Kier molecular flexibility index (Phi) is 7.60. The highest BCUT2D eigenvalue weighted by molar-refractivity contribution is 6.30. The number of aliphatic hydroxyl groups excluding tert-OH is 1. The third-order valence-corrected chi connectivity index (χ3v) is 4.86. The Balaban J connectivity index is 1.69. The molecule has 1 saturated carbocycles. The molecule has 1 amide bonds. The molecule has 2 rings (SSSR count). The Labute approximate surface area is 149 Å². The molecule has 1 fully saturated rings. The summed E-state index contributed by atoms with van der Waals surface area (Å²) in [5.74, 6) is 1.77. The molecule has 0 aliphatic heterocycles. The van der Waals surface area contributed by atoms with Crippen LogP contribution in [0.4, 0.5) is 4.79 Å². The standard InChI is InChI=1S/C19H26ClNO3/c1-21(19(23)24-18-10-8-17(20)9-11-18)13-12-16-6-4-15(5-7-16)3-2-14-22/h2-3,8-11,15-16,22H,4-7,12-14H2,1H3/b3-2+/t15-,16-. The van der Waals surface area contributed by atoms with Gasteiger partial charge in [-0.25, -0.2) is 4.79 Å². The van der Waals surface area contributed by atoms with Crippen LogP contribution in [0.1, 0.15) is 32.1 Å². The number of ether oxygens (including phenoxy) is 1. The Morgan fingerprint density at radius 1 is 1.29 bits per heavy atom. The van der Waals surface area contributed by atoms with Crippen LogP contribution in [0.5, 0.6) is 5.75 Å². The van der Waals surface area contributed by atoms with E-state index >= 15 is 0 Å². The Bertz CT molecular complexity index is 536. The number of rotatable bonds is 6. The summed E-state index contributed by atoms with van der Waals surface area (Å²) in [5, 5.41) is 9.44. The zero-order chi connectivity index (χ0) is 17.4. The molecule has 0 radical (unpaired) electrons. The molecule has 0 unspecified atom stereocenters. The van der Waals surface area contributed by atoms with E-state index in [-0.39, 0.29) is 12.7 Å². The average molecular weight is 352 g/mol. The summed E-state index contributed by atoms with van der Waals surface area (Å²) in [6.07, 6.45) is 9.33. The molecule has 1 aliphatic carbocycles. The van der Waals surface area contributed by atoms with Crippen molar-refractivity contribution in [1.29, 1.82) is 0 Å². The monoisotopic (exact) mass is 351 g/mol. The van der Waals surface area contributed by atoms with Crippen molar-refractivity contribution in [3.63, 3.8) is 0 Å². The number of aliphatic hydroxyl groups is 1. The number of hydrogen-bond donors (Lipinski definition) is 1. The summed E-state index contributed by atoms with van der Waals surface area (Å²) in [4.78, 5) is 13.7.